The molecule has 1 heterocycles. The average molecular weight is 313 g/mol. The average Bonchev–Trinajstić information content (AvgIpc) is 2.45. The first-order chi connectivity index (χ1) is 9.60. The van der Waals surface area contributed by atoms with Gasteiger partial charge in [0.15, 0.2) is 6.10 Å². The Morgan fingerprint density at radius 2 is 2.10 bits per heavy atom. The van der Waals surface area contributed by atoms with E-state index < -0.39 is 6.10 Å². The summed E-state index contributed by atoms with van der Waals surface area (Å²) in [4.78, 5) is 14.4. The highest BCUT2D eigenvalue weighted by Gasteiger charge is 2.27. The van der Waals surface area contributed by atoms with E-state index in [-0.39, 0.29) is 24.4 Å². The zero-order chi connectivity index (χ0) is 14.5. The molecule has 4 nitrogen and oxygen atoms in total. The van der Waals surface area contributed by atoms with E-state index in [0.29, 0.717) is 6.42 Å². The smallest absolute Gasteiger partial charge is 0.263 e. The molecule has 2 N–H and O–H groups in total. The Bertz CT molecular complexity index is 459. The van der Waals surface area contributed by atoms with Crippen LogP contribution in [0.1, 0.15) is 31.7 Å². The van der Waals surface area contributed by atoms with Crippen molar-refractivity contribution in [3.63, 3.8) is 0 Å². The van der Waals surface area contributed by atoms with Crippen molar-refractivity contribution in [2.75, 3.05) is 13.1 Å². The highest BCUT2D eigenvalue weighted by atomic mass is 35.5. The monoisotopic (exact) mass is 312 g/mol. The van der Waals surface area contributed by atoms with Crippen LogP contribution >= 0.6 is 12.4 Å². The molecule has 2 rings (SSSR count). The Balaban J connectivity index is 0.00000220. The number of carbonyl (C=O) groups is 1. The van der Waals surface area contributed by atoms with Crippen LogP contribution in [0.25, 0.3) is 0 Å². The number of aryl methyl sites for hydroxylation is 1. The third-order valence-corrected chi connectivity index (χ3v) is 3.77. The van der Waals surface area contributed by atoms with Crippen LogP contribution in [-0.2, 0) is 4.79 Å². The maximum atomic E-state index is 12.5. The quantitative estimate of drug-likeness (QED) is 0.929. The fourth-order valence-electron chi connectivity index (χ4n) is 2.48. The van der Waals surface area contributed by atoms with Crippen molar-refractivity contribution in [1.29, 1.82) is 0 Å². The van der Waals surface area contributed by atoms with E-state index in [1.807, 2.05) is 43.0 Å². The van der Waals surface area contributed by atoms with Crippen LogP contribution in [0.3, 0.4) is 0 Å². The van der Waals surface area contributed by atoms with Crippen LogP contribution in [-0.4, -0.2) is 36.0 Å². The number of piperidine rings is 1. The number of rotatable bonds is 4. The van der Waals surface area contributed by atoms with Gasteiger partial charge in [0, 0.05) is 19.1 Å². The molecule has 0 aliphatic carbocycles. The minimum atomic E-state index is -0.397. The number of benzene rings is 1. The lowest BCUT2D eigenvalue weighted by atomic mass is 10.1. The van der Waals surface area contributed by atoms with Gasteiger partial charge in [0.1, 0.15) is 5.75 Å². The molecule has 1 aromatic rings. The first-order valence-corrected chi connectivity index (χ1v) is 7.38. The fourth-order valence-corrected chi connectivity index (χ4v) is 2.48. The number of ether oxygens (including phenoxy) is 1. The summed E-state index contributed by atoms with van der Waals surface area (Å²) in [5.74, 6) is 0.847. The molecule has 1 aromatic carbocycles. The Morgan fingerprint density at radius 1 is 1.43 bits per heavy atom. The molecule has 0 bridgehead atoms. The zero-order valence-electron chi connectivity index (χ0n) is 12.7. The molecule has 0 spiro atoms. The summed E-state index contributed by atoms with van der Waals surface area (Å²) in [7, 11) is 0. The van der Waals surface area contributed by atoms with E-state index in [0.717, 1.165) is 37.2 Å². The number of nitrogens with zero attached hydrogens (tertiary/aromatic N) is 1. The number of nitrogens with two attached hydrogens (primary N) is 1. The van der Waals surface area contributed by atoms with Crippen molar-refractivity contribution in [2.24, 2.45) is 5.73 Å². The molecule has 1 amide bonds. The van der Waals surface area contributed by atoms with Crippen molar-refractivity contribution in [3.8, 4) is 5.75 Å². The van der Waals surface area contributed by atoms with Gasteiger partial charge in [-0.2, -0.15) is 0 Å². The number of hydrogen-bond donors (Lipinski definition) is 1. The van der Waals surface area contributed by atoms with Crippen molar-refractivity contribution < 1.29 is 9.53 Å². The molecule has 1 unspecified atom stereocenters. The summed E-state index contributed by atoms with van der Waals surface area (Å²) >= 11 is 0. The maximum Gasteiger partial charge on any atom is 0.263 e. The SMILES string of the molecule is CCC(Oc1cccc(C)c1)C(=O)N1CCC(N)CC1.Cl. The van der Waals surface area contributed by atoms with Gasteiger partial charge in [0.05, 0.1) is 0 Å². The number of halogens is 1. The van der Waals surface area contributed by atoms with E-state index in [9.17, 15) is 4.79 Å². The summed E-state index contributed by atoms with van der Waals surface area (Å²) in [6, 6.07) is 8.05. The second-order valence-electron chi connectivity index (χ2n) is 5.49. The highest BCUT2D eigenvalue weighted by molar-refractivity contribution is 5.85. The van der Waals surface area contributed by atoms with Gasteiger partial charge < -0.3 is 15.4 Å². The Hall–Kier alpha value is -1.26. The van der Waals surface area contributed by atoms with Gasteiger partial charge in [-0.1, -0.05) is 19.1 Å². The normalized spacial score (nSPS) is 17.0. The summed E-state index contributed by atoms with van der Waals surface area (Å²) < 4.78 is 5.86. The predicted molar refractivity (Wildman–Crippen MR) is 86.9 cm³/mol. The third-order valence-electron chi connectivity index (χ3n) is 3.77. The van der Waals surface area contributed by atoms with E-state index >= 15 is 0 Å². The molecular weight excluding hydrogens is 288 g/mol. The number of likely N-dealkylation sites (tertiary alicyclic amines) is 1. The zero-order valence-corrected chi connectivity index (χ0v) is 13.6. The number of amides is 1. The van der Waals surface area contributed by atoms with Gasteiger partial charge in [0.2, 0.25) is 0 Å². The van der Waals surface area contributed by atoms with Crippen molar-refractivity contribution in [1.82, 2.24) is 4.90 Å². The van der Waals surface area contributed by atoms with Crippen LogP contribution in [0.2, 0.25) is 0 Å². The Kier molecular flexibility index (Phi) is 6.99. The van der Waals surface area contributed by atoms with Gasteiger partial charge in [-0.3, -0.25) is 4.79 Å². The van der Waals surface area contributed by atoms with E-state index in [1.54, 1.807) is 0 Å². The van der Waals surface area contributed by atoms with Crippen molar-refractivity contribution >= 4 is 18.3 Å². The molecule has 0 radical (unpaired) electrons. The van der Waals surface area contributed by atoms with Crippen molar-refractivity contribution in [2.45, 2.75) is 45.3 Å². The lowest BCUT2D eigenvalue weighted by molar-refractivity contribution is -0.139. The fraction of sp³-hybridized carbons (Fsp3) is 0.562. The van der Waals surface area contributed by atoms with Crippen LogP contribution in [0.15, 0.2) is 24.3 Å². The second-order valence-corrected chi connectivity index (χ2v) is 5.49. The number of carbonyl (C=O) groups excluding carboxylic acids is 1. The number of hydrogen-bond acceptors (Lipinski definition) is 3. The predicted octanol–water partition coefficient (Wildman–Crippen LogP) is 2.52. The molecular formula is C16H25ClN2O2. The second kappa shape index (κ2) is 8.25. The van der Waals surface area contributed by atoms with Gasteiger partial charge in [-0.15, -0.1) is 12.4 Å². The topological polar surface area (TPSA) is 55.6 Å². The Morgan fingerprint density at radius 3 is 2.67 bits per heavy atom. The standard InChI is InChI=1S/C16H24N2O2.ClH/c1-3-15(20-14-6-4-5-12(2)11-14)16(19)18-9-7-13(17)8-10-18;/h4-6,11,13,15H,3,7-10,17H2,1-2H3;1H. The lowest BCUT2D eigenvalue weighted by Gasteiger charge is -2.32. The van der Waals surface area contributed by atoms with E-state index in [1.165, 1.54) is 0 Å². The van der Waals surface area contributed by atoms with Gasteiger partial charge >= 0.3 is 0 Å². The van der Waals surface area contributed by atoms with Gasteiger partial charge in [0.25, 0.3) is 5.91 Å². The molecule has 118 valence electrons. The summed E-state index contributed by atoms with van der Waals surface area (Å²) in [5, 5.41) is 0. The van der Waals surface area contributed by atoms with Gasteiger partial charge in [-0.05, 0) is 43.9 Å². The summed E-state index contributed by atoms with van der Waals surface area (Å²) in [6.07, 6.45) is 2.04. The van der Waals surface area contributed by atoms with E-state index in [4.69, 9.17) is 10.5 Å². The summed E-state index contributed by atoms with van der Waals surface area (Å²) in [6.45, 7) is 5.48. The molecule has 0 saturated carbocycles. The molecule has 1 aliphatic rings. The summed E-state index contributed by atoms with van der Waals surface area (Å²) in [5.41, 5.74) is 7.01. The molecule has 1 atom stereocenters. The van der Waals surface area contributed by atoms with Crippen LogP contribution < -0.4 is 10.5 Å². The maximum absolute atomic E-state index is 12.5. The molecule has 0 aromatic heterocycles. The van der Waals surface area contributed by atoms with Gasteiger partial charge in [-0.25, -0.2) is 0 Å². The van der Waals surface area contributed by atoms with Crippen molar-refractivity contribution in [3.05, 3.63) is 29.8 Å². The van der Waals surface area contributed by atoms with Crippen LogP contribution in [0.4, 0.5) is 0 Å². The molecule has 1 saturated heterocycles. The molecule has 5 heteroatoms. The first kappa shape index (κ1) is 17.8. The van der Waals surface area contributed by atoms with Crippen LogP contribution in [0, 0.1) is 6.92 Å². The van der Waals surface area contributed by atoms with Crippen LogP contribution in [0.5, 0.6) is 5.75 Å². The molecule has 21 heavy (non-hydrogen) atoms. The largest absolute Gasteiger partial charge is 0.481 e. The highest BCUT2D eigenvalue weighted by Crippen LogP contribution is 2.18. The lowest BCUT2D eigenvalue weighted by Crippen LogP contribution is -2.48. The minimum absolute atomic E-state index is 0. The Labute approximate surface area is 133 Å². The molecule has 1 fully saturated rings. The third kappa shape index (κ3) is 4.90. The first-order valence-electron chi connectivity index (χ1n) is 7.38. The minimum Gasteiger partial charge on any atom is -0.481 e. The van der Waals surface area contributed by atoms with E-state index in [2.05, 4.69) is 0 Å². The molecule has 1 aliphatic heterocycles.